The van der Waals surface area contributed by atoms with Gasteiger partial charge in [-0.3, -0.25) is 4.79 Å². The Labute approximate surface area is 173 Å². The highest BCUT2D eigenvalue weighted by Gasteiger charge is 2.16. The molecule has 3 amide bonds. The van der Waals surface area contributed by atoms with Gasteiger partial charge in [-0.25, -0.2) is 4.79 Å². The molecule has 0 unspecified atom stereocenters. The van der Waals surface area contributed by atoms with Gasteiger partial charge in [-0.2, -0.15) is 0 Å². The largest absolute Gasteiger partial charge is 0.378 e. The van der Waals surface area contributed by atoms with Gasteiger partial charge < -0.3 is 25.2 Å². The van der Waals surface area contributed by atoms with Crippen molar-refractivity contribution in [3.63, 3.8) is 0 Å². The highest BCUT2D eigenvalue weighted by Crippen LogP contribution is 2.18. The van der Waals surface area contributed by atoms with Gasteiger partial charge in [0.1, 0.15) is 0 Å². The number of anilines is 1. The topological polar surface area (TPSA) is 73.9 Å². The molecule has 29 heavy (non-hydrogen) atoms. The summed E-state index contributed by atoms with van der Waals surface area (Å²) < 4.78 is 5.39. The molecule has 1 saturated carbocycles. The van der Waals surface area contributed by atoms with Crippen molar-refractivity contribution in [2.24, 2.45) is 0 Å². The molecule has 0 atom stereocenters. The van der Waals surface area contributed by atoms with E-state index in [2.05, 4.69) is 39.8 Å². The van der Waals surface area contributed by atoms with E-state index in [1.165, 1.54) is 24.9 Å². The first-order valence-corrected chi connectivity index (χ1v) is 10.8. The van der Waals surface area contributed by atoms with Crippen LogP contribution in [0.1, 0.15) is 44.1 Å². The molecule has 1 heterocycles. The zero-order valence-corrected chi connectivity index (χ0v) is 17.5. The number of nitrogens with one attached hydrogen (secondary N) is 2. The summed E-state index contributed by atoms with van der Waals surface area (Å²) >= 11 is 0. The first-order chi connectivity index (χ1) is 14.1. The Hall–Kier alpha value is -2.28. The predicted molar refractivity (Wildman–Crippen MR) is 114 cm³/mol. The van der Waals surface area contributed by atoms with Crippen LogP contribution < -0.4 is 15.5 Å². The number of benzene rings is 1. The van der Waals surface area contributed by atoms with Crippen LogP contribution in [0.4, 0.5) is 10.5 Å². The molecule has 1 saturated heterocycles. The van der Waals surface area contributed by atoms with Crippen LogP contribution in [0.15, 0.2) is 24.3 Å². The Bertz CT molecular complexity index is 653. The summed E-state index contributed by atoms with van der Waals surface area (Å²) in [5, 5.41) is 5.92. The number of rotatable bonds is 7. The van der Waals surface area contributed by atoms with Crippen molar-refractivity contribution in [2.75, 3.05) is 44.8 Å². The molecule has 0 radical (unpaired) electrons. The monoisotopic (exact) mass is 402 g/mol. The highest BCUT2D eigenvalue weighted by molar-refractivity contribution is 5.78. The van der Waals surface area contributed by atoms with Crippen LogP contribution in [-0.2, 0) is 16.1 Å². The Morgan fingerprint density at radius 2 is 1.79 bits per heavy atom. The number of hydrogen-bond donors (Lipinski definition) is 2. The van der Waals surface area contributed by atoms with Gasteiger partial charge in [0.05, 0.1) is 13.2 Å². The molecule has 1 aliphatic heterocycles. The Morgan fingerprint density at radius 3 is 2.48 bits per heavy atom. The number of hydrogen-bond acceptors (Lipinski definition) is 4. The van der Waals surface area contributed by atoms with Crippen molar-refractivity contribution >= 4 is 17.6 Å². The quantitative estimate of drug-likeness (QED) is 0.735. The number of urea groups is 1. The van der Waals surface area contributed by atoms with Crippen molar-refractivity contribution in [1.29, 1.82) is 0 Å². The third kappa shape index (κ3) is 6.92. The third-order valence-electron chi connectivity index (χ3n) is 5.68. The average Bonchev–Trinajstić information content (AvgIpc) is 2.75. The summed E-state index contributed by atoms with van der Waals surface area (Å²) in [4.78, 5) is 28.3. The van der Waals surface area contributed by atoms with E-state index in [-0.39, 0.29) is 11.9 Å². The van der Waals surface area contributed by atoms with Gasteiger partial charge in [0.2, 0.25) is 5.91 Å². The minimum atomic E-state index is -0.160. The molecular weight excluding hydrogens is 368 g/mol. The van der Waals surface area contributed by atoms with Crippen molar-refractivity contribution in [3.8, 4) is 0 Å². The Morgan fingerprint density at radius 1 is 1.10 bits per heavy atom. The molecule has 3 rings (SSSR count). The molecule has 2 fully saturated rings. The molecule has 0 spiro atoms. The number of amides is 3. The Balaban J connectivity index is 1.35. The molecule has 1 aromatic rings. The minimum Gasteiger partial charge on any atom is -0.378 e. The normalized spacial score (nSPS) is 17.6. The van der Waals surface area contributed by atoms with Gasteiger partial charge in [-0.15, -0.1) is 0 Å². The van der Waals surface area contributed by atoms with E-state index in [9.17, 15) is 9.59 Å². The maximum Gasteiger partial charge on any atom is 0.317 e. The third-order valence-corrected chi connectivity index (χ3v) is 5.68. The van der Waals surface area contributed by atoms with E-state index in [0.29, 0.717) is 25.6 Å². The molecule has 7 heteroatoms. The molecular formula is C22H34N4O3. The van der Waals surface area contributed by atoms with Gasteiger partial charge >= 0.3 is 6.03 Å². The second-order valence-electron chi connectivity index (χ2n) is 8.01. The lowest BCUT2D eigenvalue weighted by molar-refractivity contribution is -0.121. The van der Waals surface area contributed by atoms with Crippen LogP contribution in [0.5, 0.6) is 0 Å². The average molecular weight is 403 g/mol. The number of ether oxygens (including phenoxy) is 1. The zero-order valence-electron chi connectivity index (χ0n) is 17.5. The zero-order chi connectivity index (χ0) is 20.5. The molecule has 1 aromatic carbocycles. The maximum atomic E-state index is 12.3. The van der Waals surface area contributed by atoms with E-state index < -0.39 is 0 Å². The van der Waals surface area contributed by atoms with Gasteiger partial charge in [0, 0.05) is 51.4 Å². The standard InChI is InChI=1S/C22H34N4O3/c1-25(17-18-7-9-20(10-8-18)26-13-15-29-16-14-26)22(28)23-12-11-21(27)24-19-5-3-2-4-6-19/h7-10,19H,2-6,11-17H2,1H3,(H,23,28)(H,24,27). The molecule has 1 aliphatic carbocycles. The van der Waals surface area contributed by atoms with Crippen molar-refractivity contribution in [3.05, 3.63) is 29.8 Å². The maximum absolute atomic E-state index is 12.3. The highest BCUT2D eigenvalue weighted by atomic mass is 16.5. The lowest BCUT2D eigenvalue weighted by atomic mass is 9.95. The van der Waals surface area contributed by atoms with Crippen LogP contribution >= 0.6 is 0 Å². The fraction of sp³-hybridized carbons (Fsp3) is 0.636. The van der Waals surface area contributed by atoms with Gasteiger partial charge in [0.25, 0.3) is 0 Å². The molecule has 0 bridgehead atoms. The van der Waals surface area contributed by atoms with Crippen LogP contribution in [0.2, 0.25) is 0 Å². The summed E-state index contributed by atoms with van der Waals surface area (Å²) in [5.41, 5.74) is 2.27. The Kier molecular flexibility index (Phi) is 8.16. The van der Waals surface area contributed by atoms with Crippen LogP contribution in [0.25, 0.3) is 0 Å². The van der Waals surface area contributed by atoms with Crippen LogP contribution in [-0.4, -0.2) is 62.8 Å². The lowest BCUT2D eigenvalue weighted by Crippen LogP contribution is -2.40. The number of morpholine rings is 1. The fourth-order valence-electron chi connectivity index (χ4n) is 3.94. The molecule has 2 aliphatic rings. The predicted octanol–water partition coefficient (Wildman–Crippen LogP) is 2.50. The van der Waals surface area contributed by atoms with Gasteiger partial charge in [0.15, 0.2) is 0 Å². The SMILES string of the molecule is CN(Cc1ccc(N2CCOCC2)cc1)C(=O)NCCC(=O)NC1CCCCC1. The summed E-state index contributed by atoms with van der Waals surface area (Å²) in [6.07, 6.45) is 6.13. The minimum absolute atomic E-state index is 0.0264. The van der Waals surface area contributed by atoms with E-state index in [1.54, 1.807) is 11.9 Å². The number of carbonyl (C=O) groups is 2. The summed E-state index contributed by atoms with van der Waals surface area (Å²) in [6.45, 7) is 4.25. The second kappa shape index (κ2) is 11.0. The summed E-state index contributed by atoms with van der Waals surface area (Å²) in [5.74, 6) is 0.0264. The number of carbonyl (C=O) groups excluding carboxylic acids is 2. The second-order valence-corrected chi connectivity index (χ2v) is 8.01. The van der Waals surface area contributed by atoms with Gasteiger partial charge in [-0.05, 0) is 30.5 Å². The van der Waals surface area contributed by atoms with E-state index >= 15 is 0 Å². The van der Waals surface area contributed by atoms with Crippen molar-refractivity contribution < 1.29 is 14.3 Å². The van der Waals surface area contributed by atoms with E-state index in [4.69, 9.17) is 4.74 Å². The van der Waals surface area contributed by atoms with Crippen LogP contribution in [0, 0.1) is 0 Å². The van der Waals surface area contributed by atoms with Crippen molar-refractivity contribution in [2.45, 2.75) is 51.1 Å². The molecule has 160 valence electrons. The van der Waals surface area contributed by atoms with Crippen molar-refractivity contribution in [1.82, 2.24) is 15.5 Å². The fourth-order valence-corrected chi connectivity index (χ4v) is 3.94. The smallest absolute Gasteiger partial charge is 0.317 e. The summed E-state index contributed by atoms with van der Waals surface area (Å²) in [6, 6.07) is 8.48. The number of nitrogens with zero attached hydrogens (tertiary/aromatic N) is 2. The molecule has 2 N–H and O–H groups in total. The summed E-state index contributed by atoms with van der Waals surface area (Å²) in [7, 11) is 1.77. The molecule has 0 aromatic heterocycles. The first kappa shape index (κ1) is 21.4. The van der Waals surface area contributed by atoms with E-state index in [1.807, 2.05) is 0 Å². The first-order valence-electron chi connectivity index (χ1n) is 10.8. The van der Waals surface area contributed by atoms with Crippen LogP contribution in [0.3, 0.4) is 0 Å². The lowest BCUT2D eigenvalue weighted by Gasteiger charge is -2.29. The van der Waals surface area contributed by atoms with E-state index in [0.717, 1.165) is 44.7 Å². The van der Waals surface area contributed by atoms with Gasteiger partial charge in [-0.1, -0.05) is 31.4 Å². The molecule has 7 nitrogen and oxygen atoms in total.